The fourth-order valence-corrected chi connectivity index (χ4v) is 6.20. The first-order valence-electron chi connectivity index (χ1n) is 10.4. The fourth-order valence-electron chi connectivity index (χ4n) is 2.69. The second kappa shape index (κ2) is 12.0. The standard InChI is InChI=1S/C24H38O4S3/c1-22(2,3)28-15-23(4,5)30-13-19(14-31-24(6,7)16-29-8)20(25)17-9-11-18(12-10-17)21(26)27/h9-12,19H,13-16H2,1-8H3,(H,26,27). The monoisotopic (exact) mass is 486 g/mol. The van der Waals surface area contributed by atoms with Crippen molar-refractivity contribution in [2.45, 2.75) is 63.6 Å². The molecule has 1 unspecified atom stereocenters. The van der Waals surface area contributed by atoms with Crippen molar-refractivity contribution in [3.05, 3.63) is 35.4 Å². The van der Waals surface area contributed by atoms with E-state index in [1.54, 1.807) is 23.9 Å². The Morgan fingerprint density at radius 2 is 1.39 bits per heavy atom. The van der Waals surface area contributed by atoms with Gasteiger partial charge in [-0.05, 0) is 66.9 Å². The zero-order valence-corrected chi connectivity index (χ0v) is 22.6. The molecule has 0 aliphatic carbocycles. The summed E-state index contributed by atoms with van der Waals surface area (Å²) in [4.78, 5) is 24.5. The van der Waals surface area contributed by atoms with Crippen LogP contribution in [0.4, 0.5) is 0 Å². The van der Waals surface area contributed by atoms with Gasteiger partial charge in [0.2, 0.25) is 0 Å². The van der Waals surface area contributed by atoms with Gasteiger partial charge in [-0.3, -0.25) is 4.79 Å². The molecule has 0 heterocycles. The molecule has 0 aromatic heterocycles. The maximum Gasteiger partial charge on any atom is 0.335 e. The molecular formula is C24H38O4S3. The van der Waals surface area contributed by atoms with E-state index in [0.717, 1.165) is 11.5 Å². The van der Waals surface area contributed by atoms with Gasteiger partial charge in [-0.15, -0.1) is 0 Å². The summed E-state index contributed by atoms with van der Waals surface area (Å²) < 4.78 is 5.96. The van der Waals surface area contributed by atoms with Crippen molar-refractivity contribution in [2.75, 3.05) is 30.1 Å². The molecule has 0 saturated heterocycles. The van der Waals surface area contributed by atoms with Gasteiger partial charge in [-0.2, -0.15) is 35.3 Å². The van der Waals surface area contributed by atoms with Crippen LogP contribution in [0.3, 0.4) is 0 Å². The van der Waals surface area contributed by atoms with E-state index in [4.69, 9.17) is 9.84 Å². The third-order valence-corrected chi connectivity index (χ3v) is 8.64. The van der Waals surface area contributed by atoms with Gasteiger partial charge in [0.1, 0.15) is 0 Å². The van der Waals surface area contributed by atoms with Crippen LogP contribution in [-0.2, 0) is 4.74 Å². The van der Waals surface area contributed by atoms with Crippen molar-refractivity contribution in [1.29, 1.82) is 0 Å². The molecular weight excluding hydrogens is 448 g/mol. The Labute approximate surface area is 201 Å². The van der Waals surface area contributed by atoms with Gasteiger partial charge in [0, 0.05) is 38.2 Å². The lowest BCUT2D eigenvalue weighted by Crippen LogP contribution is -2.32. The maximum atomic E-state index is 13.3. The van der Waals surface area contributed by atoms with E-state index in [2.05, 4.69) is 34.0 Å². The molecule has 0 aliphatic heterocycles. The van der Waals surface area contributed by atoms with Crippen molar-refractivity contribution in [2.24, 2.45) is 5.92 Å². The summed E-state index contributed by atoms with van der Waals surface area (Å²) in [5.41, 5.74) is 0.567. The van der Waals surface area contributed by atoms with E-state index in [1.807, 2.05) is 44.3 Å². The summed E-state index contributed by atoms with van der Waals surface area (Å²) in [5.74, 6) is 1.38. The maximum absolute atomic E-state index is 13.3. The van der Waals surface area contributed by atoms with Gasteiger partial charge in [-0.25, -0.2) is 4.79 Å². The molecule has 0 amide bonds. The molecule has 31 heavy (non-hydrogen) atoms. The normalized spacial score (nSPS) is 13.8. The molecule has 1 aromatic carbocycles. The summed E-state index contributed by atoms with van der Waals surface area (Å²) in [6, 6.07) is 6.28. The second-order valence-corrected chi connectivity index (χ2v) is 14.2. The zero-order chi connectivity index (χ0) is 23.9. The van der Waals surface area contributed by atoms with Gasteiger partial charge in [0.05, 0.1) is 17.8 Å². The second-order valence-electron chi connectivity index (χ2n) is 9.92. The Hall–Kier alpha value is -0.630. The van der Waals surface area contributed by atoms with Gasteiger partial charge in [0.15, 0.2) is 5.78 Å². The highest BCUT2D eigenvalue weighted by Gasteiger charge is 2.29. The number of carbonyl (C=O) groups is 2. The molecule has 0 bridgehead atoms. The SMILES string of the molecule is CSCC(C)(C)SCC(CSC(C)(C)COC(C)(C)C)C(=O)c1ccc(C(=O)O)cc1. The molecule has 1 N–H and O–H groups in total. The Bertz CT molecular complexity index is 721. The van der Waals surface area contributed by atoms with Gasteiger partial charge in [0.25, 0.3) is 0 Å². The molecule has 0 aliphatic rings. The van der Waals surface area contributed by atoms with E-state index in [1.165, 1.54) is 12.1 Å². The number of aromatic carboxylic acids is 1. The lowest BCUT2D eigenvalue weighted by Gasteiger charge is -2.31. The topological polar surface area (TPSA) is 63.6 Å². The Morgan fingerprint density at radius 3 is 1.84 bits per heavy atom. The summed E-state index contributed by atoms with van der Waals surface area (Å²) in [6.45, 7) is 15.5. The lowest BCUT2D eigenvalue weighted by atomic mass is 10.00. The molecule has 4 nitrogen and oxygen atoms in total. The van der Waals surface area contributed by atoms with Crippen LogP contribution in [0.15, 0.2) is 24.3 Å². The van der Waals surface area contributed by atoms with Crippen molar-refractivity contribution in [3.8, 4) is 0 Å². The molecule has 176 valence electrons. The number of carboxylic acids is 1. The number of carbonyl (C=O) groups excluding carboxylic acids is 1. The third kappa shape index (κ3) is 11.2. The summed E-state index contributed by atoms with van der Waals surface area (Å²) >= 11 is 5.41. The molecule has 1 rings (SSSR count). The van der Waals surface area contributed by atoms with E-state index < -0.39 is 5.97 Å². The highest BCUT2D eigenvalue weighted by atomic mass is 32.2. The van der Waals surface area contributed by atoms with Crippen LogP contribution in [-0.4, -0.2) is 62.1 Å². The summed E-state index contributed by atoms with van der Waals surface area (Å²) in [5, 5.41) is 9.12. The molecule has 7 heteroatoms. The smallest absolute Gasteiger partial charge is 0.335 e. The van der Waals surface area contributed by atoms with E-state index >= 15 is 0 Å². The van der Waals surface area contributed by atoms with E-state index in [-0.39, 0.29) is 32.4 Å². The zero-order valence-electron chi connectivity index (χ0n) is 20.1. The minimum Gasteiger partial charge on any atom is -0.478 e. The van der Waals surface area contributed by atoms with Crippen LogP contribution < -0.4 is 0 Å². The van der Waals surface area contributed by atoms with Crippen LogP contribution in [0.2, 0.25) is 0 Å². The number of ketones is 1. The Kier molecular flexibility index (Phi) is 11.0. The predicted octanol–water partition coefficient (Wildman–Crippen LogP) is 6.39. The van der Waals surface area contributed by atoms with Crippen molar-refractivity contribution in [3.63, 3.8) is 0 Å². The number of ether oxygens (including phenoxy) is 1. The highest BCUT2D eigenvalue weighted by Crippen LogP contribution is 2.34. The average molecular weight is 487 g/mol. The lowest BCUT2D eigenvalue weighted by molar-refractivity contribution is -0.0110. The average Bonchev–Trinajstić information content (AvgIpc) is 2.65. The van der Waals surface area contributed by atoms with Crippen molar-refractivity contribution in [1.82, 2.24) is 0 Å². The fraction of sp³-hybridized carbons (Fsp3) is 0.667. The highest BCUT2D eigenvalue weighted by molar-refractivity contribution is 8.03. The quantitative estimate of drug-likeness (QED) is 0.324. The first-order valence-corrected chi connectivity index (χ1v) is 13.8. The van der Waals surface area contributed by atoms with Gasteiger partial charge in [-0.1, -0.05) is 12.1 Å². The third-order valence-electron chi connectivity index (χ3n) is 4.48. The van der Waals surface area contributed by atoms with E-state index in [9.17, 15) is 9.59 Å². The number of hydrogen-bond donors (Lipinski definition) is 1. The molecule has 1 aromatic rings. The molecule has 0 fully saturated rings. The number of hydrogen-bond acceptors (Lipinski definition) is 6. The van der Waals surface area contributed by atoms with Crippen LogP contribution in [0.5, 0.6) is 0 Å². The summed E-state index contributed by atoms with van der Waals surface area (Å²) in [6.07, 6.45) is 2.10. The first-order chi connectivity index (χ1) is 14.2. The molecule has 0 spiro atoms. The molecule has 0 radical (unpaired) electrons. The van der Waals surface area contributed by atoms with Gasteiger partial charge >= 0.3 is 5.97 Å². The number of rotatable bonds is 13. The Balaban J connectivity index is 2.94. The van der Waals surface area contributed by atoms with Crippen molar-refractivity contribution < 1.29 is 19.4 Å². The minimum absolute atomic E-state index is 0.0735. The minimum atomic E-state index is -0.985. The van der Waals surface area contributed by atoms with Gasteiger partial charge < -0.3 is 9.84 Å². The van der Waals surface area contributed by atoms with Crippen LogP contribution in [0.25, 0.3) is 0 Å². The number of benzene rings is 1. The van der Waals surface area contributed by atoms with Crippen molar-refractivity contribution >= 4 is 47.0 Å². The number of Topliss-reactive ketones (excluding diaryl/α,β-unsaturated/α-hetero) is 1. The molecule has 1 atom stereocenters. The van der Waals surface area contributed by atoms with E-state index in [0.29, 0.717) is 17.9 Å². The first kappa shape index (κ1) is 28.4. The van der Waals surface area contributed by atoms with Crippen LogP contribution >= 0.6 is 35.3 Å². The Morgan fingerprint density at radius 1 is 0.903 bits per heavy atom. The van der Waals surface area contributed by atoms with Crippen LogP contribution in [0, 0.1) is 5.92 Å². The number of carboxylic acid groups (broad SMARTS) is 1. The predicted molar refractivity (Wildman–Crippen MR) is 138 cm³/mol. The number of thioether (sulfide) groups is 3. The van der Waals surface area contributed by atoms with Crippen LogP contribution in [0.1, 0.15) is 69.2 Å². The largest absolute Gasteiger partial charge is 0.478 e. The molecule has 0 saturated carbocycles. The summed E-state index contributed by atoms with van der Waals surface area (Å²) in [7, 11) is 0.